The van der Waals surface area contributed by atoms with E-state index in [0.29, 0.717) is 13.1 Å². The van der Waals surface area contributed by atoms with Gasteiger partial charge in [0.1, 0.15) is 6.10 Å². The highest BCUT2D eigenvalue weighted by Gasteiger charge is 2.34. The Kier molecular flexibility index (Phi) is 6.87. The summed E-state index contributed by atoms with van der Waals surface area (Å²) in [5.74, 6) is -0.238. The molecule has 3 N–H and O–H groups in total. The molecule has 1 aromatic carbocycles. The standard InChI is InChI=1S/C20H29N5O5S/c1-13-9-25(14(2)11-26)20(27)15-6-5-7-16(19(15)30-17(13)8-21-3)23-31(28,29)18-10-24(4)12-22-18/h5-7,10,12-14,17,21,23,26H,8-9,11H2,1-4H3/t13-,14-,17-/m1/s1. The lowest BCUT2D eigenvalue weighted by Gasteiger charge is -2.37. The zero-order valence-electron chi connectivity index (χ0n) is 18.1. The van der Waals surface area contributed by atoms with Gasteiger partial charge in [-0.1, -0.05) is 13.0 Å². The summed E-state index contributed by atoms with van der Waals surface area (Å²) in [5, 5.41) is 12.6. The number of aryl methyl sites for hydroxylation is 1. The van der Waals surface area contributed by atoms with Crippen molar-refractivity contribution in [2.24, 2.45) is 13.0 Å². The number of carbonyl (C=O) groups is 1. The fraction of sp³-hybridized carbons (Fsp3) is 0.500. The molecule has 170 valence electrons. The summed E-state index contributed by atoms with van der Waals surface area (Å²) in [6.07, 6.45) is 2.45. The number of ether oxygens (including phenoxy) is 1. The molecule has 0 bridgehead atoms. The minimum atomic E-state index is -3.98. The maximum Gasteiger partial charge on any atom is 0.281 e. The molecule has 0 saturated carbocycles. The quantitative estimate of drug-likeness (QED) is 0.565. The van der Waals surface area contributed by atoms with Gasteiger partial charge in [0, 0.05) is 32.3 Å². The molecule has 1 aromatic heterocycles. The van der Waals surface area contributed by atoms with E-state index in [1.54, 1.807) is 44.1 Å². The SMILES string of the molecule is CNC[C@H]1Oc2c(NS(=O)(=O)c3cn(C)cn3)cccc2C(=O)N([C@H](C)CO)C[C@H]1C. The first kappa shape index (κ1) is 23.0. The Balaban J connectivity index is 2.08. The maximum absolute atomic E-state index is 13.3. The molecule has 2 heterocycles. The summed E-state index contributed by atoms with van der Waals surface area (Å²) in [6, 6.07) is 4.34. The monoisotopic (exact) mass is 451 g/mol. The first-order chi connectivity index (χ1) is 14.7. The molecule has 3 rings (SSSR count). The molecule has 0 fully saturated rings. The van der Waals surface area contributed by atoms with Crippen molar-refractivity contribution in [3.63, 3.8) is 0 Å². The molecule has 2 aromatic rings. The maximum atomic E-state index is 13.3. The van der Waals surface area contributed by atoms with Crippen LogP contribution in [0.4, 0.5) is 5.69 Å². The van der Waals surface area contributed by atoms with Crippen LogP contribution < -0.4 is 14.8 Å². The lowest BCUT2D eigenvalue weighted by Crippen LogP contribution is -2.49. The van der Waals surface area contributed by atoms with E-state index in [0.717, 1.165) is 0 Å². The van der Waals surface area contributed by atoms with E-state index in [4.69, 9.17) is 4.74 Å². The highest BCUT2D eigenvalue weighted by atomic mass is 32.2. The van der Waals surface area contributed by atoms with Gasteiger partial charge in [-0.15, -0.1) is 0 Å². The molecule has 11 heteroatoms. The van der Waals surface area contributed by atoms with Gasteiger partial charge in [-0.05, 0) is 26.1 Å². The number of para-hydroxylation sites is 1. The molecular weight excluding hydrogens is 422 g/mol. The Morgan fingerprint density at radius 2 is 2.13 bits per heavy atom. The summed E-state index contributed by atoms with van der Waals surface area (Å²) in [6.45, 7) is 4.44. The van der Waals surface area contributed by atoms with Crippen LogP contribution >= 0.6 is 0 Å². The van der Waals surface area contributed by atoms with Crippen molar-refractivity contribution in [2.75, 3.05) is 31.5 Å². The van der Waals surface area contributed by atoms with E-state index in [9.17, 15) is 18.3 Å². The number of aliphatic hydroxyl groups is 1. The van der Waals surface area contributed by atoms with Crippen LogP contribution in [0.15, 0.2) is 35.7 Å². The van der Waals surface area contributed by atoms with Crippen LogP contribution in [-0.4, -0.2) is 72.8 Å². The number of fused-ring (bicyclic) bond motifs is 1. The van der Waals surface area contributed by atoms with E-state index in [1.165, 1.54) is 17.1 Å². The lowest BCUT2D eigenvalue weighted by atomic mass is 9.99. The lowest BCUT2D eigenvalue weighted by molar-refractivity contribution is 0.0417. The van der Waals surface area contributed by atoms with Gasteiger partial charge in [0.2, 0.25) is 0 Å². The smallest absolute Gasteiger partial charge is 0.281 e. The number of nitrogens with one attached hydrogen (secondary N) is 2. The molecule has 10 nitrogen and oxygen atoms in total. The number of aliphatic hydroxyl groups excluding tert-OH is 1. The fourth-order valence-corrected chi connectivity index (χ4v) is 4.54. The van der Waals surface area contributed by atoms with Crippen molar-refractivity contribution in [1.82, 2.24) is 19.8 Å². The van der Waals surface area contributed by atoms with Crippen LogP contribution in [0.1, 0.15) is 24.2 Å². The van der Waals surface area contributed by atoms with Gasteiger partial charge < -0.3 is 24.6 Å². The summed E-state index contributed by atoms with van der Waals surface area (Å²) >= 11 is 0. The molecular formula is C20H29N5O5S. The van der Waals surface area contributed by atoms with Crippen LogP contribution in [0, 0.1) is 5.92 Å². The van der Waals surface area contributed by atoms with E-state index in [1.807, 2.05) is 6.92 Å². The first-order valence-electron chi connectivity index (χ1n) is 10.0. The second kappa shape index (κ2) is 9.25. The Labute approximate surface area is 182 Å². The number of likely N-dealkylation sites (N-methyl/N-ethyl adjacent to an activating group) is 1. The first-order valence-corrected chi connectivity index (χ1v) is 11.5. The molecule has 0 unspecified atom stereocenters. The number of hydrogen-bond acceptors (Lipinski definition) is 7. The van der Waals surface area contributed by atoms with Crippen molar-refractivity contribution in [3.8, 4) is 5.75 Å². The Bertz CT molecular complexity index is 1040. The van der Waals surface area contributed by atoms with E-state index in [2.05, 4.69) is 15.0 Å². The minimum Gasteiger partial charge on any atom is -0.486 e. The van der Waals surface area contributed by atoms with Gasteiger partial charge in [-0.25, -0.2) is 4.98 Å². The third-order valence-electron chi connectivity index (χ3n) is 5.30. The second-order valence-corrected chi connectivity index (χ2v) is 9.47. The number of amides is 1. The summed E-state index contributed by atoms with van der Waals surface area (Å²) in [7, 11) is -0.515. The summed E-state index contributed by atoms with van der Waals surface area (Å²) in [5.41, 5.74) is 0.387. The molecule has 1 amide bonds. The highest BCUT2D eigenvalue weighted by molar-refractivity contribution is 7.92. The Morgan fingerprint density at radius 3 is 2.74 bits per heavy atom. The molecule has 0 radical (unpaired) electrons. The number of carbonyl (C=O) groups excluding carboxylic acids is 1. The van der Waals surface area contributed by atoms with E-state index < -0.39 is 16.1 Å². The van der Waals surface area contributed by atoms with Gasteiger partial charge in [0.25, 0.3) is 15.9 Å². The number of rotatable bonds is 7. The van der Waals surface area contributed by atoms with Crippen LogP contribution in [0.25, 0.3) is 0 Å². The molecule has 0 aliphatic carbocycles. The minimum absolute atomic E-state index is 0.0704. The van der Waals surface area contributed by atoms with E-state index in [-0.39, 0.29) is 46.6 Å². The van der Waals surface area contributed by atoms with Crippen molar-refractivity contribution in [1.29, 1.82) is 0 Å². The van der Waals surface area contributed by atoms with Crippen molar-refractivity contribution >= 4 is 21.6 Å². The predicted molar refractivity (Wildman–Crippen MR) is 116 cm³/mol. The molecule has 1 aliphatic heterocycles. The van der Waals surface area contributed by atoms with Crippen molar-refractivity contribution in [3.05, 3.63) is 36.3 Å². The topological polar surface area (TPSA) is 126 Å². The van der Waals surface area contributed by atoms with Crippen LogP contribution in [0.3, 0.4) is 0 Å². The van der Waals surface area contributed by atoms with Crippen LogP contribution in [-0.2, 0) is 17.1 Å². The number of imidazole rings is 1. The number of sulfonamides is 1. The molecule has 1 aliphatic rings. The second-order valence-electron chi connectivity index (χ2n) is 7.85. The van der Waals surface area contributed by atoms with Gasteiger partial charge in [0.15, 0.2) is 10.8 Å². The number of anilines is 1. The summed E-state index contributed by atoms with van der Waals surface area (Å²) in [4.78, 5) is 18.8. The zero-order chi connectivity index (χ0) is 22.8. The van der Waals surface area contributed by atoms with Gasteiger partial charge >= 0.3 is 0 Å². The van der Waals surface area contributed by atoms with E-state index >= 15 is 0 Å². The largest absolute Gasteiger partial charge is 0.486 e. The third kappa shape index (κ3) is 4.83. The zero-order valence-corrected chi connectivity index (χ0v) is 18.9. The number of hydrogen-bond donors (Lipinski definition) is 3. The Hall–Kier alpha value is -2.63. The predicted octanol–water partition coefficient (Wildman–Crippen LogP) is 0.660. The van der Waals surface area contributed by atoms with Crippen LogP contribution in [0.2, 0.25) is 0 Å². The molecule has 31 heavy (non-hydrogen) atoms. The van der Waals surface area contributed by atoms with Crippen molar-refractivity contribution in [2.45, 2.75) is 31.0 Å². The third-order valence-corrected chi connectivity index (χ3v) is 6.55. The van der Waals surface area contributed by atoms with Gasteiger partial charge in [-0.2, -0.15) is 8.42 Å². The average molecular weight is 452 g/mol. The normalized spacial score (nSPS) is 20.4. The highest BCUT2D eigenvalue weighted by Crippen LogP contribution is 2.35. The fourth-order valence-electron chi connectivity index (χ4n) is 3.49. The average Bonchev–Trinajstić information content (AvgIpc) is 3.18. The molecule has 0 spiro atoms. The number of benzene rings is 1. The number of aromatic nitrogens is 2. The Morgan fingerprint density at radius 1 is 1.39 bits per heavy atom. The summed E-state index contributed by atoms with van der Waals surface area (Å²) < 4.78 is 35.9. The van der Waals surface area contributed by atoms with Crippen LogP contribution in [0.5, 0.6) is 5.75 Å². The molecule has 0 saturated heterocycles. The van der Waals surface area contributed by atoms with Gasteiger partial charge in [0.05, 0.1) is 30.2 Å². The molecule has 3 atom stereocenters. The number of nitrogens with zero attached hydrogens (tertiary/aromatic N) is 3. The van der Waals surface area contributed by atoms with Crippen molar-refractivity contribution < 1.29 is 23.1 Å². The van der Waals surface area contributed by atoms with Gasteiger partial charge in [-0.3, -0.25) is 9.52 Å².